The first-order valence-electron chi connectivity index (χ1n) is 14.9. The maximum Gasteiger partial charge on any atom is 0.0473 e. The molecule has 0 saturated carbocycles. The van der Waals surface area contributed by atoms with Crippen molar-refractivity contribution in [1.29, 1.82) is 0 Å². The number of nitrogens with two attached hydrogens (primary N) is 1. The van der Waals surface area contributed by atoms with Crippen LogP contribution in [0.25, 0.3) is 22.3 Å². The maximum absolute atomic E-state index is 7.07. The second kappa shape index (κ2) is 8.95. The highest BCUT2D eigenvalue weighted by Gasteiger charge is 2.41. The van der Waals surface area contributed by atoms with E-state index in [-0.39, 0.29) is 22.7 Å². The van der Waals surface area contributed by atoms with Gasteiger partial charge in [0.2, 0.25) is 0 Å². The number of benzene rings is 5. The van der Waals surface area contributed by atoms with Gasteiger partial charge in [-0.3, -0.25) is 0 Å². The summed E-state index contributed by atoms with van der Waals surface area (Å²) in [5, 5.41) is 0. The fourth-order valence-corrected chi connectivity index (χ4v) is 7.05. The van der Waals surface area contributed by atoms with E-state index in [2.05, 4.69) is 145 Å². The Morgan fingerprint density at radius 1 is 0.439 bits per heavy atom. The average Bonchev–Trinajstić information content (AvgIpc) is 2.95. The van der Waals surface area contributed by atoms with Gasteiger partial charge in [0.25, 0.3) is 0 Å². The van der Waals surface area contributed by atoms with Gasteiger partial charge in [-0.25, -0.2) is 0 Å². The molecule has 2 bridgehead atoms. The molecule has 1 nitrogen and oxygen atoms in total. The van der Waals surface area contributed by atoms with E-state index in [4.69, 9.17) is 5.73 Å². The highest BCUT2D eigenvalue weighted by Crippen LogP contribution is 2.56. The lowest BCUT2D eigenvalue weighted by Gasteiger charge is -2.42. The van der Waals surface area contributed by atoms with Gasteiger partial charge in [0.05, 0.1) is 0 Å². The topological polar surface area (TPSA) is 26.0 Å². The lowest BCUT2D eigenvalue weighted by Crippen LogP contribution is -2.27. The quantitative estimate of drug-likeness (QED) is 0.220. The van der Waals surface area contributed by atoms with E-state index in [1.807, 2.05) is 0 Å². The third-order valence-corrected chi connectivity index (χ3v) is 9.34. The molecule has 2 N–H and O–H groups in total. The zero-order valence-corrected chi connectivity index (χ0v) is 25.0. The average molecular weight is 534 g/mol. The van der Waals surface area contributed by atoms with E-state index in [0.29, 0.717) is 0 Å². The summed E-state index contributed by atoms with van der Waals surface area (Å²) in [6.07, 6.45) is 0. The lowest BCUT2D eigenvalue weighted by atomic mass is 9.61. The molecule has 0 radical (unpaired) electrons. The van der Waals surface area contributed by atoms with Crippen LogP contribution >= 0.6 is 0 Å². The normalized spacial score (nSPS) is 17.1. The van der Waals surface area contributed by atoms with Crippen LogP contribution in [-0.2, 0) is 10.8 Å². The van der Waals surface area contributed by atoms with Gasteiger partial charge in [0.15, 0.2) is 0 Å². The Bertz CT molecular complexity index is 1750. The summed E-state index contributed by atoms with van der Waals surface area (Å²) in [6.45, 7) is 13.7. The van der Waals surface area contributed by atoms with Crippen LogP contribution in [0.5, 0.6) is 0 Å². The summed E-state index contributed by atoms with van der Waals surface area (Å²) in [4.78, 5) is 0. The van der Waals surface area contributed by atoms with E-state index >= 15 is 0 Å². The molecule has 3 aliphatic rings. The molecule has 1 heteroatoms. The first kappa shape index (κ1) is 25.8. The monoisotopic (exact) mass is 533 g/mol. The van der Waals surface area contributed by atoms with Crippen LogP contribution in [0.1, 0.15) is 97.9 Å². The molecule has 5 aromatic rings. The van der Waals surface area contributed by atoms with Crippen LogP contribution in [0.3, 0.4) is 0 Å². The van der Waals surface area contributed by atoms with Gasteiger partial charge >= 0.3 is 0 Å². The Labute approximate surface area is 245 Å². The molecule has 8 rings (SSSR count). The molecular formula is C40H39N. The summed E-state index contributed by atoms with van der Waals surface area (Å²) in [7, 11) is 0. The molecule has 0 fully saturated rings. The molecule has 0 atom stereocenters. The van der Waals surface area contributed by atoms with Crippen LogP contribution in [0.4, 0.5) is 5.69 Å². The second-order valence-corrected chi connectivity index (χ2v) is 14.0. The fourth-order valence-electron chi connectivity index (χ4n) is 7.05. The van der Waals surface area contributed by atoms with Gasteiger partial charge in [-0.2, -0.15) is 0 Å². The minimum atomic E-state index is 0.0484. The van der Waals surface area contributed by atoms with Crippen LogP contribution < -0.4 is 5.73 Å². The molecular weight excluding hydrogens is 494 g/mol. The number of hydrogen-bond donors (Lipinski definition) is 1. The molecule has 204 valence electrons. The number of nitrogen functional groups attached to an aromatic ring is 1. The molecule has 0 spiro atoms. The highest BCUT2D eigenvalue weighted by atomic mass is 14.6. The Kier molecular flexibility index (Phi) is 5.64. The van der Waals surface area contributed by atoms with Crippen molar-refractivity contribution in [3.05, 3.63) is 148 Å². The zero-order valence-electron chi connectivity index (χ0n) is 25.0. The van der Waals surface area contributed by atoms with Crippen LogP contribution in [-0.4, -0.2) is 0 Å². The predicted molar refractivity (Wildman–Crippen MR) is 174 cm³/mol. The van der Waals surface area contributed by atoms with Crippen molar-refractivity contribution in [2.24, 2.45) is 0 Å². The summed E-state index contributed by atoms with van der Waals surface area (Å²) < 4.78 is 0. The smallest absolute Gasteiger partial charge is 0.0473 e. The number of para-hydroxylation sites is 1. The molecule has 0 aliphatic heterocycles. The van der Waals surface area contributed by atoms with Crippen molar-refractivity contribution in [3.8, 4) is 22.3 Å². The van der Waals surface area contributed by atoms with Gasteiger partial charge in [-0.1, -0.05) is 139 Å². The van der Waals surface area contributed by atoms with Crippen LogP contribution in [0.2, 0.25) is 0 Å². The van der Waals surface area contributed by atoms with E-state index in [9.17, 15) is 0 Å². The lowest BCUT2D eigenvalue weighted by molar-refractivity contribution is 0.569. The second-order valence-electron chi connectivity index (χ2n) is 14.0. The Balaban J connectivity index is 1.38. The fraction of sp³-hybridized carbons (Fsp3) is 0.250. The minimum Gasteiger partial charge on any atom is -0.398 e. The van der Waals surface area contributed by atoms with E-state index in [0.717, 1.165) is 16.8 Å². The van der Waals surface area contributed by atoms with Gasteiger partial charge in [-0.15, -0.1) is 0 Å². The number of hydrogen-bond acceptors (Lipinski definition) is 1. The number of anilines is 1. The highest BCUT2D eigenvalue weighted by molar-refractivity contribution is 5.90. The molecule has 41 heavy (non-hydrogen) atoms. The zero-order chi connectivity index (χ0) is 28.7. The predicted octanol–water partition coefficient (Wildman–Crippen LogP) is 10.2. The van der Waals surface area contributed by atoms with Crippen LogP contribution in [0, 0.1) is 0 Å². The number of rotatable bonds is 2. The molecule has 0 heterocycles. The van der Waals surface area contributed by atoms with Crippen molar-refractivity contribution >= 4 is 5.69 Å². The molecule has 0 unspecified atom stereocenters. The van der Waals surface area contributed by atoms with Gasteiger partial charge < -0.3 is 5.73 Å². The molecule has 0 saturated heterocycles. The minimum absolute atomic E-state index is 0.0484. The molecule has 0 amide bonds. The van der Waals surface area contributed by atoms with Crippen molar-refractivity contribution in [3.63, 3.8) is 0 Å². The first-order valence-corrected chi connectivity index (χ1v) is 14.9. The van der Waals surface area contributed by atoms with Crippen LogP contribution in [0.15, 0.2) is 103 Å². The maximum atomic E-state index is 7.07. The largest absolute Gasteiger partial charge is 0.398 e. The van der Waals surface area contributed by atoms with Crippen molar-refractivity contribution in [2.45, 2.75) is 64.2 Å². The summed E-state index contributed by atoms with van der Waals surface area (Å²) in [5.74, 6) is 0.542. The summed E-state index contributed by atoms with van der Waals surface area (Å²) >= 11 is 0. The van der Waals surface area contributed by atoms with Crippen molar-refractivity contribution in [2.75, 3.05) is 5.73 Å². The van der Waals surface area contributed by atoms with Gasteiger partial charge in [-0.05, 0) is 72.5 Å². The van der Waals surface area contributed by atoms with Crippen molar-refractivity contribution in [1.82, 2.24) is 0 Å². The van der Waals surface area contributed by atoms with E-state index in [1.165, 1.54) is 55.6 Å². The first-order chi connectivity index (χ1) is 19.5. The third kappa shape index (κ3) is 4.05. The van der Waals surface area contributed by atoms with Gasteiger partial charge in [0, 0.05) is 28.7 Å². The molecule has 3 aliphatic carbocycles. The summed E-state index contributed by atoms with van der Waals surface area (Å²) in [5.41, 5.74) is 23.9. The SMILES string of the molecule is CC(C)(C)c1cc(-c2cccc(-c3ccc4c(c3)C3c5ccccc5C4c4ccccc43)c2N)cc(C(C)(C)C)c1. The summed E-state index contributed by atoms with van der Waals surface area (Å²) in [6, 6.07) is 38.7. The molecule has 5 aromatic carbocycles. The standard InChI is InChI=1S/C40H39N/c1-39(2,3)26-20-25(21-27(23-26)40(4,5)6)29-17-11-16-28(38(29)41)24-18-19-34-35(22-24)37-32-14-9-7-12-30(32)36(34)31-13-8-10-15-33(31)37/h7-23,36-37H,41H2,1-6H3. The van der Waals surface area contributed by atoms with E-state index < -0.39 is 0 Å². The van der Waals surface area contributed by atoms with Gasteiger partial charge in [0.1, 0.15) is 0 Å². The Morgan fingerprint density at radius 3 is 1.37 bits per heavy atom. The van der Waals surface area contributed by atoms with E-state index in [1.54, 1.807) is 0 Å². The third-order valence-electron chi connectivity index (χ3n) is 9.34. The molecule has 0 aromatic heterocycles. The Morgan fingerprint density at radius 2 is 0.878 bits per heavy atom. The van der Waals surface area contributed by atoms with Crippen molar-refractivity contribution < 1.29 is 0 Å². The Hall–Kier alpha value is -4.10.